The minimum atomic E-state index is -0.0371. The van der Waals surface area contributed by atoms with Crippen molar-refractivity contribution in [1.82, 2.24) is 0 Å². The third-order valence-corrected chi connectivity index (χ3v) is 3.28. The average Bonchev–Trinajstić information content (AvgIpc) is 2.33. The molecule has 0 heterocycles. The molecule has 3 nitrogen and oxygen atoms in total. The summed E-state index contributed by atoms with van der Waals surface area (Å²) in [7, 11) is 0. The second-order valence-corrected chi connectivity index (χ2v) is 6.03. The summed E-state index contributed by atoms with van der Waals surface area (Å²) in [6.45, 7) is 8.29. The van der Waals surface area contributed by atoms with E-state index in [1.54, 1.807) is 0 Å². The van der Waals surface area contributed by atoms with Gasteiger partial charge in [-0.3, -0.25) is 0 Å². The van der Waals surface area contributed by atoms with Crippen LogP contribution in [0.5, 0.6) is 5.75 Å². The lowest BCUT2D eigenvalue weighted by atomic mass is 10.1. The van der Waals surface area contributed by atoms with Crippen molar-refractivity contribution in [2.24, 2.45) is 11.7 Å². The van der Waals surface area contributed by atoms with Crippen LogP contribution in [0.3, 0.4) is 0 Å². The van der Waals surface area contributed by atoms with E-state index >= 15 is 0 Å². The highest BCUT2D eigenvalue weighted by molar-refractivity contribution is 9.10. The smallest absolute Gasteiger partial charge is 0.125 e. The molecular weight excluding hydrogens is 306 g/mol. The van der Waals surface area contributed by atoms with E-state index in [0.29, 0.717) is 19.1 Å². The fourth-order valence-electron chi connectivity index (χ4n) is 1.64. The van der Waals surface area contributed by atoms with Crippen LogP contribution in [0, 0.1) is 5.92 Å². The highest BCUT2D eigenvalue weighted by Crippen LogP contribution is 2.27. The van der Waals surface area contributed by atoms with Crippen molar-refractivity contribution in [3.8, 4) is 5.75 Å². The Kier molecular flexibility index (Phi) is 7.42. The van der Waals surface area contributed by atoms with Crippen molar-refractivity contribution < 1.29 is 9.47 Å². The predicted molar refractivity (Wildman–Crippen MR) is 82.5 cm³/mol. The molecule has 19 heavy (non-hydrogen) atoms. The molecule has 0 aliphatic heterocycles. The molecule has 0 aliphatic carbocycles. The van der Waals surface area contributed by atoms with Gasteiger partial charge in [0, 0.05) is 22.7 Å². The van der Waals surface area contributed by atoms with Crippen LogP contribution in [-0.2, 0) is 4.74 Å². The first-order chi connectivity index (χ1) is 9.00. The van der Waals surface area contributed by atoms with Crippen molar-refractivity contribution >= 4 is 15.9 Å². The molecule has 1 aromatic rings. The van der Waals surface area contributed by atoms with Gasteiger partial charge in [0.15, 0.2) is 0 Å². The van der Waals surface area contributed by atoms with Crippen LogP contribution in [0.2, 0.25) is 0 Å². The normalized spacial score (nSPS) is 12.7. The van der Waals surface area contributed by atoms with Crippen LogP contribution in [0.25, 0.3) is 0 Å². The third kappa shape index (κ3) is 6.41. The summed E-state index contributed by atoms with van der Waals surface area (Å²) in [4.78, 5) is 0. The number of hydrogen-bond acceptors (Lipinski definition) is 3. The van der Waals surface area contributed by atoms with Gasteiger partial charge < -0.3 is 15.2 Å². The second-order valence-electron chi connectivity index (χ2n) is 5.11. The summed E-state index contributed by atoms with van der Waals surface area (Å²) in [6, 6.07) is 5.88. The van der Waals surface area contributed by atoms with Crippen LogP contribution in [-0.4, -0.2) is 19.8 Å². The highest BCUT2D eigenvalue weighted by atomic mass is 79.9. The van der Waals surface area contributed by atoms with Crippen molar-refractivity contribution in [2.45, 2.75) is 33.2 Å². The number of benzene rings is 1. The fraction of sp³-hybridized carbons (Fsp3) is 0.600. The van der Waals surface area contributed by atoms with Gasteiger partial charge in [0.2, 0.25) is 0 Å². The van der Waals surface area contributed by atoms with E-state index in [0.717, 1.165) is 28.8 Å². The highest BCUT2D eigenvalue weighted by Gasteiger charge is 2.08. The maximum absolute atomic E-state index is 5.92. The predicted octanol–water partition coefficient (Wildman–Crippen LogP) is 3.91. The van der Waals surface area contributed by atoms with Crippen molar-refractivity contribution in [3.63, 3.8) is 0 Å². The van der Waals surface area contributed by atoms with Crippen molar-refractivity contribution in [2.75, 3.05) is 19.8 Å². The monoisotopic (exact) mass is 329 g/mol. The standard InChI is InChI=1S/C15H24BrNO2/c1-11(2)6-7-18-8-9-19-15-10-13(16)4-5-14(15)12(3)17/h4-5,10-12H,6-9,17H2,1-3H3/t12-/m0/s1. The van der Waals surface area contributed by atoms with Crippen LogP contribution in [0.4, 0.5) is 0 Å². The van der Waals surface area contributed by atoms with E-state index in [4.69, 9.17) is 15.2 Å². The lowest BCUT2D eigenvalue weighted by Gasteiger charge is -2.14. The maximum Gasteiger partial charge on any atom is 0.125 e. The average molecular weight is 330 g/mol. The summed E-state index contributed by atoms with van der Waals surface area (Å²) in [5.41, 5.74) is 6.94. The first kappa shape index (κ1) is 16.5. The van der Waals surface area contributed by atoms with Gasteiger partial charge in [0.05, 0.1) is 6.61 Å². The summed E-state index contributed by atoms with van der Waals surface area (Å²) in [6.07, 6.45) is 1.09. The van der Waals surface area contributed by atoms with Gasteiger partial charge >= 0.3 is 0 Å². The number of rotatable bonds is 8. The number of nitrogens with two attached hydrogens (primary N) is 1. The molecule has 0 unspecified atom stereocenters. The number of hydrogen-bond donors (Lipinski definition) is 1. The zero-order valence-electron chi connectivity index (χ0n) is 12.0. The van der Waals surface area contributed by atoms with Crippen LogP contribution in [0.15, 0.2) is 22.7 Å². The van der Waals surface area contributed by atoms with E-state index < -0.39 is 0 Å². The molecule has 2 N–H and O–H groups in total. The topological polar surface area (TPSA) is 44.5 Å². The molecule has 0 saturated carbocycles. The molecule has 0 saturated heterocycles. The Balaban J connectivity index is 2.38. The first-order valence-electron chi connectivity index (χ1n) is 6.76. The molecule has 108 valence electrons. The van der Waals surface area contributed by atoms with Crippen LogP contribution >= 0.6 is 15.9 Å². The van der Waals surface area contributed by atoms with Crippen molar-refractivity contribution in [1.29, 1.82) is 0 Å². The summed E-state index contributed by atoms with van der Waals surface area (Å²) < 4.78 is 12.3. The largest absolute Gasteiger partial charge is 0.491 e. The number of halogens is 1. The molecule has 0 radical (unpaired) electrons. The first-order valence-corrected chi connectivity index (χ1v) is 7.55. The van der Waals surface area contributed by atoms with Gasteiger partial charge in [-0.05, 0) is 31.4 Å². The molecule has 1 atom stereocenters. The quantitative estimate of drug-likeness (QED) is 0.735. The molecule has 0 spiro atoms. The Labute approximate surface area is 124 Å². The zero-order chi connectivity index (χ0) is 14.3. The summed E-state index contributed by atoms with van der Waals surface area (Å²) in [5.74, 6) is 1.51. The third-order valence-electron chi connectivity index (χ3n) is 2.79. The van der Waals surface area contributed by atoms with Crippen LogP contribution < -0.4 is 10.5 Å². The Morgan fingerprint density at radius 1 is 1.16 bits per heavy atom. The van der Waals surface area contributed by atoms with Gasteiger partial charge in [-0.25, -0.2) is 0 Å². The molecule has 0 aliphatic rings. The van der Waals surface area contributed by atoms with Crippen LogP contribution in [0.1, 0.15) is 38.8 Å². The molecular formula is C15H24BrNO2. The van der Waals surface area contributed by atoms with E-state index in [-0.39, 0.29) is 6.04 Å². The van der Waals surface area contributed by atoms with Gasteiger partial charge in [-0.15, -0.1) is 0 Å². The Bertz CT molecular complexity index is 380. The van der Waals surface area contributed by atoms with E-state index in [1.807, 2.05) is 25.1 Å². The SMILES string of the molecule is CC(C)CCOCCOc1cc(Br)ccc1[C@H](C)N. The lowest BCUT2D eigenvalue weighted by molar-refractivity contribution is 0.0921. The minimum absolute atomic E-state index is 0.0371. The fourth-order valence-corrected chi connectivity index (χ4v) is 1.98. The molecule has 4 heteroatoms. The Morgan fingerprint density at radius 3 is 2.53 bits per heavy atom. The summed E-state index contributed by atoms with van der Waals surface area (Å²) >= 11 is 3.44. The van der Waals surface area contributed by atoms with E-state index in [9.17, 15) is 0 Å². The lowest BCUT2D eigenvalue weighted by Crippen LogP contribution is -2.12. The minimum Gasteiger partial charge on any atom is -0.491 e. The Morgan fingerprint density at radius 2 is 1.89 bits per heavy atom. The molecule has 1 aromatic carbocycles. The molecule has 0 bridgehead atoms. The molecule has 1 rings (SSSR count). The van der Waals surface area contributed by atoms with Gasteiger partial charge in [0.25, 0.3) is 0 Å². The van der Waals surface area contributed by atoms with Gasteiger partial charge in [-0.1, -0.05) is 35.8 Å². The van der Waals surface area contributed by atoms with E-state index in [2.05, 4.69) is 29.8 Å². The number of ether oxygens (including phenoxy) is 2. The van der Waals surface area contributed by atoms with Crippen molar-refractivity contribution in [3.05, 3.63) is 28.2 Å². The zero-order valence-corrected chi connectivity index (χ0v) is 13.6. The molecule has 0 amide bonds. The molecule has 0 fully saturated rings. The Hall–Kier alpha value is -0.580. The maximum atomic E-state index is 5.92. The second kappa shape index (κ2) is 8.56. The van der Waals surface area contributed by atoms with Gasteiger partial charge in [0.1, 0.15) is 12.4 Å². The molecule has 0 aromatic heterocycles. The van der Waals surface area contributed by atoms with E-state index in [1.165, 1.54) is 0 Å². The summed E-state index contributed by atoms with van der Waals surface area (Å²) in [5, 5.41) is 0. The van der Waals surface area contributed by atoms with Gasteiger partial charge in [-0.2, -0.15) is 0 Å².